The zero-order valence-corrected chi connectivity index (χ0v) is 19.8. The van der Waals surface area contributed by atoms with E-state index in [1.54, 1.807) is 17.5 Å². The number of H-pyrrole nitrogens is 1. The molecule has 1 saturated heterocycles. The van der Waals surface area contributed by atoms with E-state index in [1.807, 2.05) is 27.9 Å². The number of carbonyl (C=O) groups excluding carboxylic acids is 1. The molecule has 0 atom stereocenters. The van der Waals surface area contributed by atoms with Gasteiger partial charge in [0.1, 0.15) is 22.9 Å². The van der Waals surface area contributed by atoms with Gasteiger partial charge in [0, 0.05) is 47.7 Å². The van der Waals surface area contributed by atoms with Crippen LogP contribution in [0.25, 0.3) is 27.8 Å². The fourth-order valence-corrected chi connectivity index (χ4v) is 5.76. The van der Waals surface area contributed by atoms with Crippen LogP contribution in [0.2, 0.25) is 0 Å². The minimum atomic E-state index is 0.117. The molecule has 1 aliphatic rings. The zero-order chi connectivity index (χ0) is 23.2. The first kappa shape index (κ1) is 20.9. The van der Waals surface area contributed by atoms with E-state index in [-0.39, 0.29) is 11.8 Å². The lowest BCUT2D eigenvalue weighted by Gasteiger charge is -2.31. The van der Waals surface area contributed by atoms with Crippen molar-refractivity contribution in [1.82, 2.24) is 24.3 Å². The van der Waals surface area contributed by atoms with Crippen LogP contribution in [0.5, 0.6) is 0 Å². The number of nitrogens with zero attached hydrogens (tertiary/aromatic N) is 4. The molecule has 5 heterocycles. The molecule has 172 valence electrons. The normalized spacial score (nSPS) is 14.9. The van der Waals surface area contributed by atoms with Crippen LogP contribution < -0.4 is 5.73 Å². The quantitative estimate of drug-likeness (QED) is 0.382. The highest BCUT2D eigenvalue weighted by atomic mass is 32.1. The summed E-state index contributed by atoms with van der Waals surface area (Å²) in [5, 5.41) is 5.08. The number of aromatic nitrogens is 4. The highest BCUT2D eigenvalue weighted by Gasteiger charge is 2.29. The van der Waals surface area contributed by atoms with Crippen LogP contribution in [-0.4, -0.2) is 43.2 Å². The largest absolute Gasteiger partial charge is 0.382 e. The molecule has 8 heteroatoms. The van der Waals surface area contributed by atoms with Gasteiger partial charge in [0.2, 0.25) is 0 Å². The van der Waals surface area contributed by atoms with Gasteiger partial charge in [0.05, 0.1) is 11.3 Å². The number of benzene rings is 1. The number of thiophene rings is 1. The van der Waals surface area contributed by atoms with Gasteiger partial charge in [-0.3, -0.25) is 9.20 Å². The smallest absolute Gasteiger partial charge is 0.254 e. The summed E-state index contributed by atoms with van der Waals surface area (Å²) in [5.74, 6) is 1.81. The summed E-state index contributed by atoms with van der Waals surface area (Å²) >= 11 is 1.55. The second-order valence-corrected chi connectivity index (χ2v) is 9.62. The Balaban J connectivity index is 1.36. The lowest BCUT2D eigenvalue weighted by Crippen LogP contribution is -2.38. The van der Waals surface area contributed by atoms with Crippen molar-refractivity contribution >= 4 is 39.5 Å². The molecule has 1 aromatic carbocycles. The summed E-state index contributed by atoms with van der Waals surface area (Å²) in [6.07, 6.45) is 6.37. The number of carbonyl (C=O) groups is 1. The second kappa shape index (κ2) is 8.29. The van der Waals surface area contributed by atoms with Crippen molar-refractivity contribution in [1.29, 1.82) is 0 Å². The van der Waals surface area contributed by atoms with Crippen molar-refractivity contribution < 1.29 is 4.79 Å². The molecule has 0 aliphatic carbocycles. The number of anilines is 1. The van der Waals surface area contributed by atoms with Gasteiger partial charge in [-0.25, -0.2) is 9.97 Å². The Labute approximate surface area is 201 Å². The highest BCUT2D eigenvalue weighted by Crippen LogP contribution is 2.36. The number of aryl methyl sites for hydroxylation is 1. The van der Waals surface area contributed by atoms with Crippen LogP contribution in [-0.2, 0) is 6.42 Å². The van der Waals surface area contributed by atoms with E-state index in [0.29, 0.717) is 5.82 Å². The number of aromatic amines is 1. The topological polar surface area (TPSA) is 92.3 Å². The maximum absolute atomic E-state index is 12.8. The molecule has 0 saturated carbocycles. The molecule has 6 rings (SSSR count). The fourth-order valence-electron chi connectivity index (χ4n) is 5.13. The third-order valence-electron chi connectivity index (χ3n) is 6.92. The molecule has 34 heavy (non-hydrogen) atoms. The molecule has 0 bridgehead atoms. The fraction of sp³-hybridized carbons (Fsp3) is 0.269. The number of hydrogen-bond donors (Lipinski definition) is 2. The zero-order valence-electron chi connectivity index (χ0n) is 19.0. The maximum atomic E-state index is 12.8. The van der Waals surface area contributed by atoms with Gasteiger partial charge in [-0.1, -0.05) is 19.1 Å². The van der Waals surface area contributed by atoms with E-state index in [1.165, 1.54) is 10.9 Å². The maximum Gasteiger partial charge on any atom is 0.254 e. The van der Waals surface area contributed by atoms with Crippen molar-refractivity contribution in [2.45, 2.75) is 32.1 Å². The number of amides is 1. The van der Waals surface area contributed by atoms with Crippen LogP contribution in [0, 0.1) is 0 Å². The van der Waals surface area contributed by atoms with Gasteiger partial charge in [-0.2, -0.15) is 11.3 Å². The number of nitrogen functional groups attached to an aromatic ring is 1. The van der Waals surface area contributed by atoms with Gasteiger partial charge in [-0.15, -0.1) is 0 Å². The summed E-state index contributed by atoms with van der Waals surface area (Å²) in [6.45, 7) is 3.61. The predicted octanol–water partition coefficient (Wildman–Crippen LogP) is 5.10. The molecule has 7 nitrogen and oxygen atoms in total. The van der Waals surface area contributed by atoms with Gasteiger partial charge < -0.3 is 15.6 Å². The van der Waals surface area contributed by atoms with E-state index >= 15 is 0 Å². The number of piperidine rings is 1. The molecular weight excluding hydrogens is 444 g/mol. The Morgan fingerprint density at radius 1 is 1.26 bits per heavy atom. The third-order valence-corrected chi connectivity index (χ3v) is 7.60. The summed E-state index contributed by atoms with van der Waals surface area (Å²) < 4.78 is 2.09. The third kappa shape index (κ3) is 3.37. The number of imidazole rings is 1. The molecule has 0 radical (unpaired) electrons. The molecule has 1 amide bonds. The standard InChI is InChI=1S/C26H26N6OS/c1-2-16-4-3-5-20-19(16)14-21(29-20)22-23-24(27)28-9-12-32(23)25(30-22)17-6-10-31(11-7-17)26(33)18-8-13-34-15-18/h3-5,8-9,12-15,17,29H,2,6-7,10-11H2,1H3,(H2,27,28). The van der Waals surface area contributed by atoms with Crippen molar-refractivity contribution in [3.63, 3.8) is 0 Å². The lowest BCUT2D eigenvalue weighted by molar-refractivity contribution is 0.0711. The van der Waals surface area contributed by atoms with Gasteiger partial charge in [0.25, 0.3) is 5.91 Å². The van der Waals surface area contributed by atoms with E-state index in [0.717, 1.165) is 66.2 Å². The van der Waals surface area contributed by atoms with Gasteiger partial charge in [0.15, 0.2) is 0 Å². The average molecular weight is 471 g/mol. The molecule has 0 unspecified atom stereocenters. The van der Waals surface area contributed by atoms with E-state index < -0.39 is 0 Å². The molecule has 1 aliphatic heterocycles. The highest BCUT2D eigenvalue weighted by molar-refractivity contribution is 7.08. The van der Waals surface area contributed by atoms with E-state index in [9.17, 15) is 4.79 Å². The minimum absolute atomic E-state index is 0.117. The Kier molecular flexibility index (Phi) is 5.10. The van der Waals surface area contributed by atoms with E-state index in [2.05, 4.69) is 45.6 Å². The summed E-state index contributed by atoms with van der Waals surface area (Å²) in [6, 6.07) is 10.4. The Morgan fingerprint density at radius 2 is 2.12 bits per heavy atom. The van der Waals surface area contributed by atoms with E-state index in [4.69, 9.17) is 10.7 Å². The first-order chi connectivity index (χ1) is 16.6. The average Bonchev–Trinajstić information content (AvgIpc) is 3.62. The number of nitrogens with two attached hydrogens (primary N) is 1. The molecule has 1 fully saturated rings. The predicted molar refractivity (Wildman–Crippen MR) is 136 cm³/mol. The first-order valence-corrected chi connectivity index (χ1v) is 12.6. The monoisotopic (exact) mass is 470 g/mol. The molecular formula is C26H26N6OS. The van der Waals surface area contributed by atoms with Crippen LogP contribution in [0.4, 0.5) is 5.82 Å². The SMILES string of the molecule is CCc1cccc2[nH]c(-c3nc(C4CCN(C(=O)c5ccsc5)CC4)n4ccnc(N)c34)cc12. The Morgan fingerprint density at radius 3 is 2.88 bits per heavy atom. The van der Waals surface area contributed by atoms with Crippen LogP contribution in [0.15, 0.2) is 53.5 Å². The summed E-state index contributed by atoms with van der Waals surface area (Å²) in [7, 11) is 0. The molecule has 0 spiro atoms. The molecule has 3 N–H and O–H groups in total. The van der Waals surface area contributed by atoms with Crippen LogP contribution in [0.3, 0.4) is 0 Å². The Hall–Kier alpha value is -3.65. The minimum Gasteiger partial charge on any atom is -0.382 e. The van der Waals surface area contributed by atoms with Gasteiger partial charge in [-0.05, 0) is 48.4 Å². The number of likely N-dealkylation sites (tertiary alicyclic amines) is 1. The molecule has 4 aromatic heterocycles. The lowest BCUT2D eigenvalue weighted by atomic mass is 9.95. The van der Waals surface area contributed by atoms with Crippen LogP contribution >= 0.6 is 11.3 Å². The first-order valence-electron chi connectivity index (χ1n) is 11.7. The van der Waals surface area contributed by atoms with Crippen LogP contribution in [0.1, 0.15) is 47.4 Å². The summed E-state index contributed by atoms with van der Waals surface area (Å²) in [5.41, 5.74) is 12.2. The van der Waals surface area contributed by atoms with Gasteiger partial charge >= 0.3 is 0 Å². The van der Waals surface area contributed by atoms with Crippen molar-refractivity contribution in [3.05, 3.63) is 70.4 Å². The number of rotatable bonds is 4. The Bertz CT molecular complexity index is 1490. The second-order valence-electron chi connectivity index (χ2n) is 8.84. The van der Waals surface area contributed by atoms with Crippen molar-refractivity contribution in [2.24, 2.45) is 0 Å². The van der Waals surface area contributed by atoms with Crippen molar-refractivity contribution in [3.8, 4) is 11.4 Å². The number of hydrogen-bond acceptors (Lipinski definition) is 5. The van der Waals surface area contributed by atoms with Crippen molar-refractivity contribution in [2.75, 3.05) is 18.8 Å². The summed E-state index contributed by atoms with van der Waals surface area (Å²) in [4.78, 5) is 27.8. The number of fused-ring (bicyclic) bond motifs is 2. The molecule has 5 aromatic rings. The number of nitrogens with one attached hydrogen (secondary N) is 1.